The van der Waals surface area contributed by atoms with Crippen LogP contribution in [0.1, 0.15) is 36.3 Å². The molecule has 1 N–H and O–H groups in total. The second-order valence-corrected chi connectivity index (χ2v) is 11.3. The molecular weight excluding hydrogens is 508 g/mol. The molecule has 2 aliphatic rings. The monoisotopic (exact) mass is 544 g/mol. The highest BCUT2D eigenvalue weighted by molar-refractivity contribution is 7.99. The highest BCUT2D eigenvalue weighted by atomic mass is 32.2. The number of benzene rings is 3. The number of esters is 1. The van der Waals surface area contributed by atoms with E-state index < -0.39 is 0 Å². The van der Waals surface area contributed by atoms with E-state index in [9.17, 15) is 9.59 Å². The number of amides is 1. The third-order valence-electron chi connectivity index (χ3n) is 7.78. The number of carbonyl (C=O) groups excluding carboxylic acids is 2. The van der Waals surface area contributed by atoms with Crippen molar-refractivity contribution in [1.29, 1.82) is 0 Å². The van der Waals surface area contributed by atoms with E-state index in [1.807, 2.05) is 30.3 Å². The average molecular weight is 545 g/mol. The Hall–Kier alpha value is -3.29. The van der Waals surface area contributed by atoms with Gasteiger partial charge in [-0.1, -0.05) is 66.7 Å². The molecular formula is C32H36N2O4S. The molecule has 39 heavy (non-hydrogen) atoms. The molecule has 0 aromatic heterocycles. The van der Waals surface area contributed by atoms with Gasteiger partial charge in [-0.05, 0) is 66.7 Å². The van der Waals surface area contributed by atoms with E-state index in [4.69, 9.17) is 9.47 Å². The lowest BCUT2D eigenvalue weighted by atomic mass is 9.97. The van der Waals surface area contributed by atoms with Gasteiger partial charge >= 0.3 is 12.1 Å². The van der Waals surface area contributed by atoms with E-state index >= 15 is 0 Å². The number of hydrogen-bond donors (Lipinski definition) is 1. The lowest BCUT2D eigenvalue weighted by Crippen LogP contribution is -2.42. The average Bonchev–Trinajstić information content (AvgIpc) is 3.31. The molecule has 0 spiro atoms. The second-order valence-electron chi connectivity index (χ2n) is 10.2. The maximum absolute atomic E-state index is 13.0. The van der Waals surface area contributed by atoms with Crippen LogP contribution in [-0.4, -0.2) is 62.1 Å². The summed E-state index contributed by atoms with van der Waals surface area (Å²) in [5.41, 5.74) is 4.85. The normalized spacial score (nSPS) is 16.2. The van der Waals surface area contributed by atoms with Crippen LogP contribution >= 0.6 is 11.8 Å². The lowest BCUT2D eigenvalue weighted by molar-refractivity contribution is -0.147. The predicted molar refractivity (Wildman–Crippen MR) is 155 cm³/mol. The fourth-order valence-corrected chi connectivity index (χ4v) is 6.61. The summed E-state index contributed by atoms with van der Waals surface area (Å²) in [5.74, 6) is 0.682. The minimum Gasteiger partial charge on any atom is -0.469 e. The number of nitrogens with one attached hydrogen (secondary N) is 1. The first-order valence-corrected chi connectivity index (χ1v) is 14.7. The largest absolute Gasteiger partial charge is 0.469 e. The Morgan fingerprint density at radius 1 is 0.923 bits per heavy atom. The molecule has 1 heterocycles. The smallest absolute Gasteiger partial charge is 0.407 e. The number of carbonyl (C=O) groups is 2. The fourth-order valence-electron chi connectivity index (χ4n) is 5.61. The Morgan fingerprint density at radius 2 is 1.54 bits per heavy atom. The van der Waals surface area contributed by atoms with Gasteiger partial charge in [-0.2, -0.15) is 0 Å². The van der Waals surface area contributed by atoms with Crippen molar-refractivity contribution in [2.45, 2.75) is 36.1 Å². The molecule has 0 radical (unpaired) electrons. The first-order valence-electron chi connectivity index (χ1n) is 13.7. The highest BCUT2D eigenvalue weighted by Gasteiger charge is 2.30. The van der Waals surface area contributed by atoms with E-state index in [2.05, 4.69) is 58.7 Å². The summed E-state index contributed by atoms with van der Waals surface area (Å²) >= 11 is 1.74. The maximum atomic E-state index is 13.0. The van der Waals surface area contributed by atoms with Gasteiger partial charge in [0.15, 0.2) is 0 Å². The number of thioether (sulfide) groups is 1. The van der Waals surface area contributed by atoms with Crippen molar-refractivity contribution in [3.63, 3.8) is 0 Å². The molecule has 0 bridgehead atoms. The molecule has 1 aliphatic heterocycles. The summed E-state index contributed by atoms with van der Waals surface area (Å²) in [7, 11) is 1.46. The number of nitrogens with zero attached hydrogens (tertiary/aromatic N) is 1. The van der Waals surface area contributed by atoms with Crippen molar-refractivity contribution in [2.75, 3.05) is 39.1 Å². The lowest BCUT2D eigenvalue weighted by Gasteiger charge is -2.31. The molecule has 7 heteroatoms. The predicted octanol–water partition coefficient (Wildman–Crippen LogP) is 5.96. The van der Waals surface area contributed by atoms with Crippen LogP contribution in [0.3, 0.4) is 0 Å². The molecule has 0 unspecified atom stereocenters. The van der Waals surface area contributed by atoms with Gasteiger partial charge in [0.1, 0.15) is 6.61 Å². The highest BCUT2D eigenvalue weighted by Crippen LogP contribution is 2.44. The zero-order chi connectivity index (χ0) is 27.0. The van der Waals surface area contributed by atoms with Crippen LogP contribution in [0, 0.1) is 5.92 Å². The summed E-state index contributed by atoms with van der Waals surface area (Å²) in [5, 5.41) is 3.15. The number of ether oxygens (including phenoxy) is 2. The van der Waals surface area contributed by atoms with Crippen LogP contribution in [-0.2, 0) is 14.3 Å². The molecule has 5 rings (SSSR count). The number of hydrogen-bond acceptors (Lipinski definition) is 6. The number of likely N-dealkylation sites (tertiary alicyclic amines) is 1. The first kappa shape index (κ1) is 27.3. The zero-order valence-corrected chi connectivity index (χ0v) is 23.2. The molecule has 3 aromatic carbocycles. The van der Waals surface area contributed by atoms with Gasteiger partial charge < -0.3 is 19.7 Å². The quantitative estimate of drug-likeness (QED) is 0.251. The van der Waals surface area contributed by atoms with Crippen molar-refractivity contribution in [2.24, 2.45) is 5.92 Å². The number of rotatable bonds is 10. The van der Waals surface area contributed by atoms with E-state index in [1.54, 1.807) is 11.8 Å². The molecule has 0 saturated carbocycles. The van der Waals surface area contributed by atoms with Gasteiger partial charge in [-0.15, -0.1) is 11.8 Å². The number of methoxy groups -OCH3 is 1. The minimum atomic E-state index is -0.375. The van der Waals surface area contributed by atoms with E-state index in [-0.39, 0.29) is 29.9 Å². The molecule has 6 nitrogen and oxygen atoms in total. The van der Waals surface area contributed by atoms with E-state index in [0.29, 0.717) is 6.61 Å². The molecule has 1 fully saturated rings. The van der Waals surface area contributed by atoms with Crippen LogP contribution in [0.5, 0.6) is 0 Å². The Morgan fingerprint density at radius 3 is 2.18 bits per heavy atom. The molecule has 1 aliphatic carbocycles. The number of piperidine rings is 1. The summed E-state index contributed by atoms with van der Waals surface area (Å²) in [6.07, 6.45) is 2.07. The van der Waals surface area contributed by atoms with Gasteiger partial charge in [0, 0.05) is 29.2 Å². The van der Waals surface area contributed by atoms with Gasteiger partial charge in [0.2, 0.25) is 0 Å². The van der Waals surface area contributed by atoms with Gasteiger partial charge in [-0.3, -0.25) is 4.79 Å². The van der Waals surface area contributed by atoms with Crippen LogP contribution in [0.4, 0.5) is 4.79 Å². The SMILES string of the molecule is COC(=O)C1CCN(CC[C@H](CSc2ccccc2)NC(=O)OCC2c3ccccc3-c3ccccc32)CC1. The third kappa shape index (κ3) is 6.84. The molecule has 204 valence electrons. The molecule has 1 saturated heterocycles. The number of fused-ring (bicyclic) bond motifs is 3. The Labute approximate surface area is 235 Å². The maximum Gasteiger partial charge on any atom is 0.407 e. The van der Waals surface area contributed by atoms with Gasteiger partial charge in [-0.25, -0.2) is 4.79 Å². The standard InChI is InChI=1S/C32H36N2O4S/c1-37-31(35)23-15-18-34(19-16-23)20-17-24(22-39-25-9-3-2-4-10-25)33-32(36)38-21-30-28-13-7-5-11-26(28)27-12-6-8-14-29(27)30/h2-14,23-24,30H,15-22H2,1H3,(H,33,36)/t24-/m1/s1. The topological polar surface area (TPSA) is 67.9 Å². The van der Waals surface area contributed by atoms with E-state index in [1.165, 1.54) is 34.3 Å². The van der Waals surface area contributed by atoms with Crippen molar-refractivity contribution in [3.8, 4) is 11.1 Å². The van der Waals surface area contributed by atoms with Crippen LogP contribution in [0.25, 0.3) is 11.1 Å². The molecule has 1 atom stereocenters. The van der Waals surface area contributed by atoms with Crippen molar-refractivity contribution in [3.05, 3.63) is 90.0 Å². The summed E-state index contributed by atoms with van der Waals surface area (Å²) in [4.78, 5) is 28.5. The van der Waals surface area contributed by atoms with Crippen molar-refractivity contribution < 1.29 is 19.1 Å². The van der Waals surface area contributed by atoms with Crippen LogP contribution in [0.15, 0.2) is 83.8 Å². The Balaban J connectivity index is 1.18. The fraction of sp³-hybridized carbons (Fsp3) is 0.375. The van der Waals surface area contributed by atoms with E-state index in [0.717, 1.165) is 44.6 Å². The first-order chi connectivity index (χ1) is 19.1. The molecule has 3 aromatic rings. The Bertz CT molecular complexity index is 1210. The van der Waals surface area contributed by atoms with Gasteiger partial charge in [0.25, 0.3) is 0 Å². The van der Waals surface area contributed by atoms with Gasteiger partial charge in [0.05, 0.1) is 13.0 Å². The molecule has 1 amide bonds. The minimum absolute atomic E-state index is 0.00497. The van der Waals surface area contributed by atoms with Crippen LogP contribution in [0.2, 0.25) is 0 Å². The van der Waals surface area contributed by atoms with Crippen molar-refractivity contribution >= 4 is 23.8 Å². The van der Waals surface area contributed by atoms with Crippen LogP contribution < -0.4 is 5.32 Å². The summed E-state index contributed by atoms with van der Waals surface area (Å²) in [6, 6.07) is 26.9. The van der Waals surface area contributed by atoms with Crippen molar-refractivity contribution in [1.82, 2.24) is 10.2 Å². The number of alkyl carbamates (subject to hydrolysis) is 1. The Kier molecular flexibility index (Phi) is 9.22. The third-order valence-corrected chi connectivity index (χ3v) is 8.95. The second kappa shape index (κ2) is 13.2. The summed E-state index contributed by atoms with van der Waals surface area (Å²) in [6.45, 7) is 2.89. The summed E-state index contributed by atoms with van der Waals surface area (Å²) < 4.78 is 10.8. The zero-order valence-electron chi connectivity index (χ0n) is 22.4.